The molecule has 0 fully saturated rings. The van der Waals surface area contributed by atoms with Gasteiger partial charge in [-0.15, -0.1) is 35.3 Å². The molecule has 0 atom stereocenters. The van der Waals surface area contributed by atoms with Crippen LogP contribution in [0.25, 0.3) is 0 Å². The van der Waals surface area contributed by atoms with E-state index in [4.69, 9.17) is 4.74 Å². The van der Waals surface area contributed by atoms with Crippen LogP contribution in [0.5, 0.6) is 5.75 Å². The van der Waals surface area contributed by atoms with E-state index in [1.807, 2.05) is 0 Å². The minimum absolute atomic E-state index is 0. The molecule has 0 aliphatic heterocycles. The number of thiophene rings is 1. The van der Waals surface area contributed by atoms with Gasteiger partial charge < -0.3 is 15.4 Å². The third kappa shape index (κ3) is 7.22. The summed E-state index contributed by atoms with van der Waals surface area (Å²) in [6.45, 7) is 6.25. The van der Waals surface area contributed by atoms with Gasteiger partial charge in [0, 0.05) is 11.9 Å². The van der Waals surface area contributed by atoms with Gasteiger partial charge in [-0.25, -0.2) is 0 Å². The molecule has 0 spiro atoms. The second-order valence-electron chi connectivity index (χ2n) is 5.10. The average Bonchev–Trinajstić information content (AvgIpc) is 2.99. The molecule has 23 heavy (non-hydrogen) atoms. The third-order valence-corrected chi connectivity index (χ3v) is 3.97. The zero-order valence-electron chi connectivity index (χ0n) is 13.8. The van der Waals surface area contributed by atoms with Gasteiger partial charge in [0.15, 0.2) is 5.96 Å². The van der Waals surface area contributed by atoms with Crippen LogP contribution in [0.3, 0.4) is 0 Å². The summed E-state index contributed by atoms with van der Waals surface area (Å²) in [6.07, 6.45) is 0. The number of aryl methyl sites for hydroxylation is 2. The lowest BCUT2D eigenvalue weighted by Crippen LogP contribution is -2.38. The second-order valence-corrected chi connectivity index (χ2v) is 6.14. The van der Waals surface area contributed by atoms with Crippen LogP contribution >= 0.6 is 35.3 Å². The van der Waals surface area contributed by atoms with Gasteiger partial charge in [0.05, 0.1) is 13.1 Å². The molecule has 0 radical (unpaired) electrons. The topological polar surface area (TPSA) is 45.7 Å². The van der Waals surface area contributed by atoms with Gasteiger partial charge in [0.25, 0.3) is 0 Å². The summed E-state index contributed by atoms with van der Waals surface area (Å²) in [7, 11) is 1.77. The molecule has 0 saturated heterocycles. The first kappa shape index (κ1) is 19.8. The number of halogens is 1. The molecule has 0 saturated carbocycles. The summed E-state index contributed by atoms with van der Waals surface area (Å²) < 4.78 is 5.77. The van der Waals surface area contributed by atoms with Crippen molar-refractivity contribution in [1.29, 1.82) is 0 Å². The quantitative estimate of drug-likeness (QED) is 0.308. The Labute approximate surface area is 159 Å². The Morgan fingerprint density at radius 2 is 1.91 bits per heavy atom. The predicted octanol–water partition coefficient (Wildman–Crippen LogP) is 3.73. The number of aliphatic imine (C=N–C) groups is 1. The fourth-order valence-corrected chi connectivity index (χ4v) is 2.80. The van der Waals surface area contributed by atoms with Crippen LogP contribution in [0, 0.1) is 13.8 Å². The summed E-state index contributed by atoms with van der Waals surface area (Å²) in [5.74, 6) is 1.71. The first-order valence-electron chi connectivity index (χ1n) is 7.35. The van der Waals surface area contributed by atoms with E-state index in [0.29, 0.717) is 13.2 Å². The van der Waals surface area contributed by atoms with Crippen molar-refractivity contribution in [2.45, 2.75) is 20.4 Å². The summed E-state index contributed by atoms with van der Waals surface area (Å²) in [6, 6.07) is 10.4. The van der Waals surface area contributed by atoms with Crippen molar-refractivity contribution in [3.8, 4) is 5.75 Å². The van der Waals surface area contributed by atoms with E-state index in [1.165, 1.54) is 16.0 Å². The largest absolute Gasteiger partial charge is 0.492 e. The van der Waals surface area contributed by atoms with Crippen LogP contribution in [0.1, 0.15) is 16.0 Å². The molecule has 1 aromatic heterocycles. The molecular formula is C17H24IN3OS. The van der Waals surface area contributed by atoms with Crippen LogP contribution < -0.4 is 15.4 Å². The van der Waals surface area contributed by atoms with Gasteiger partial charge >= 0.3 is 0 Å². The number of hydrogen-bond acceptors (Lipinski definition) is 3. The summed E-state index contributed by atoms with van der Waals surface area (Å²) in [4.78, 5) is 5.49. The Bertz CT molecular complexity index is 594. The van der Waals surface area contributed by atoms with Crippen LogP contribution in [-0.4, -0.2) is 26.2 Å². The smallest absolute Gasteiger partial charge is 0.191 e. The number of guanidine groups is 1. The fraction of sp³-hybridized carbons (Fsp3) is 0.353. The molecule has 0 aliphatic rings. The lowest BCUT2D eigenvalue weighted by molar-refractivity contribution is 0.321. The zero-order valence-corrected chi connectivity index (χ0v) is 16.9. The lowest BCUT2D eigenvalue weighted by atomic mass is 10.1. The van der Waals surface area contributed by atoms with E-state index in [0.717, 1.165) is 18.3 Å². The molecule has 4 nitrogen and oxygen atoms in total. The molecule has 126 valence electrons. The van der Waals surface area contributed by atoms with E-state index >= 15 is 0 Å². The summed E-state index contributed by atoms with van der Waals surface area (Å²) in [5.41, 5.74) is 2.44. The highest BCUT2D eigenvalue weighted by Crippen LogP contribution is 2.15. The molecule has 2 aromatic rings. The number of ether oxygens (including phenoxy) is 1. The van der Waals surface area contributed by atoms with Gasteiger partial charge in [-0.05, 0) is 48.6 Å². The Hall–Kier alpha value is -1.28. The average molecular weight is 445 g/mol. The maximum Gasteiger partial charge on any atom is 0.191 e. The van der Waals surface area contributed by atoms with Crippen LogP contribution in [0.2, 0.25) is 0 Å². The second kappa shape index (κ2) is 10.5. The number of nitrogens with one attached hydrogen (secondary N) is 2. The minimum Gasteiger partial charge on any atom is -0.492 e. The first-order chi connectivity index (χ1) is 10.7. The molecule has 2 N–H and O–H groups in total. The van der Waals surface area contributed by atoms with Gasteiger partial charge in [-0.2, -0.15) is 0 Å². The van der Waals surface area contributed by atoms with Gasteiger partial charge in [0.1, 0.15) is 12.4 Å². The van der Waals surface area contributed by atoms with Crippen molar-refractivity contribution in [1.82, 2.24) is 10.6 Å². The van der Waals surface area contributed by atoms with Crippen molar-refractivity contribution >= 4 is 41.3 Å². The van der Waals surface area contributed by atoms with E-state index in [-0.39, 0.29) is 24.0 Å². The molecule has 0 amide bonds. The summed E-state index contributed by atoms with van der Waals surface area (Å²) in [5, 5.41) is 8.61. The maximum absolute atomic E-state index is 5.77. The highest BCUT2D eigenvalue weighted by Gasteiger charge is 2.00. The minimum atomic E-state index is 0. The van der Waals surface area contributed by atoms with Crippen molar-refractivity contribution in [2.24, 2.45) is 4.99 Å². The Kier molecular flexibility index (Phi) is 9.01. The summed E-state index contributed by atoms with van der Waals surface area (Å²) >= 11 is 1.73. The number of rotatable bonds is 6. The molecule has 0 aliphatic carbocycles. The van der Waals surface area contributed by atoms with Gasteiger partial charge in [0.2, 0.25) is 0 Å². The highest BCUT2D eigenvalue weighted by molar-refractivity contribution is 14.0. The van der Waals surface area contributed by atoms with Crippen molar-refractivity contribution in [2.75, 3.05) is 20.2 Å². The zero-order chi connectivity index (χ0) is 15.8. The lowest BCUT2D eigenvalue weighted by Gasteiger charge is -2.12. The maximum atomic E-state index is 5.77. The molecule has 0 unspecified atom stereocenters. The fourth-order valence-electron chi connectivity index (χ4n) is 2.16. The molecule has 1 aromatic carbocycles. The number of hydrogen-bond donors (Lipinski definition) is 2. The third-order valence-electron chi connectivity index (χ3n) is 3.09. The normalized spacial score (nSPS) is 10.8. The van der Waals surface area contributed by atoms with E-state index in [9.17, 15) is 0 Å². The van der Waals surface area contributed by atoms with Crippen molar-refractivity contribution in [3.05, 3.63) is 51.7 Å². The highest BCUT2D eigenvalue weighted by atomic mass is 127. The molecule has 2 rings (SSSR count). The Morgan fingerprint density at radius 1 is 1.17 bits per heavy atom. The van der Waals surface area contributed by atoms with Crippen LogP contribution in [0.15, 0.2) is 40.7 Å². The SMILES string of the molecule is CN=C(NCCOc1cc(C)cc(C)c1)NCc1cccs1.I. The molecular weight excluding hydrogens is 421 g/mol. The molecule has 1 heterocycles. The number of benzene rings is 1. The van der Waals surface area contributed by atoms with Crippen LogP contribution in [-0.2, 0) is 6.54 Å². The van der Waals surface area contributed by atoms with E-state index in [1.54, 1.807) is 18.4 Å². The van der Waals surface area contributed by atoms with Crippen LogP contribution in [0.4, 0.5) is 0 Å². The van der Waals surface area contributed by atoms with E-state index in [2.05, 4.69) is 65.2 Å². The first-order valence-corrected chi connectivity index (χ1v) is 8.23. The standard InChI is InChI=1S/C17H23N3OS.HI/c1-13-9-14(2)11-15(10-13)21-7-6-19-17(18-3)20-12-16-5-4-8-22-16;/h4-5,8-11H,6-7,12H2,1-3H3,(H2,18,19,20);1H. The predicted molar refractivity (Wildman–Crippen MR) is 109 cm³/mol. The number of nitrogens with zero attached hydrogens (tertiary/aromatic N) is 1. The monoisotopic (exact) mass is 445 g/mol. The Balaban J connectivity index is 0.00000264. The van der Waals surface area contributed by atoms with Crippen molar-refractivity contribution in [3.63, 3.8) is 0 Å². The molecule has 0 bridgehead atoms. The van der Waals surface area contributed by atoms with Gasteiger partial charge in [-0.1, -0.05) is 12.1 Å². The van der Waals surface area contributed by atoms with Gasteiger partial charge in [-0.3, -0.25) is 4.99 Å². The molecule has 6 heteroatoms. The Morgan fingerprint density at radius 3 is 2.52 bits per heavy atom. The van der Waals surface area contributed by atoms with E-state index < -0.39 is 0 Å². The van der Waals surface area contributed by atoms with Crippen molar-refractivity contribution < 1.29 is 4.74 Å².